The number of H-pyrrole nitrogens is 1. The van der Waals surface area contributed by atoms with Gasteiger partial charge in [0.15, 0.2) is 11.6 Å². The molecule has 3 nitrogen and oxygen atoms in total. The summed E-state index contributed by atoms with van der Waals surface area (Å²) < 4.78 is 25.9. The highest BCUT2D eigenvalue weighted by atomic mass is 19.2. The Labute approximate surface area is 97.7 Å². The smallest absolute Gasteiger partial charge is 0.159 e. The third-order valence-corrected chi connectivity index (χ3v) is 2.42. The summed E-state index contributed by atoms with van der Waals surface area (Å²) in [6.45, 7) is 3.61. The molecule has 0 atom stereocenters. The number of hydrogen-bond acceptors (Lipinski definition) is 2. The van der Waals surface area contributed by atoms with E-state index >= 15 is 0 Å². The van der Waals surface area contributed by atoms with Gasteiger partial charge in [-0.3, -0.25) is 0 Å². The number of imidazole rings is 1. The molecular weight excluding hydrogens is 224 g/mol. The predicted octanol–water partition coefficient (Wildman–Crippen LogP) is 2.55. The van der Waals surface area contributed by atoms with Crippen LogP contribution in [0.4, 0.5) is 8.78 Å². The molecule has 0 saturated heterocycles. The van der Waals surface area contributed by atoms with Gasteiger partial charge in [-0.2, -0.15) is 0 Å². The van der Waals surface area contributed by atoms with Gasteiger partial charge in [-0.15, -0.1) is 0 Å². The van der Waals surface area contributed by atoms with Gasteiger partial charge in [0.1, 0.15) is 5.82 Å². The highest BCUT2D eigenvalue weighted by Crippen LogP contribution is 2.22. The Bertz CT molecular complexity index is 541. The number of benzene rings is 1. The Balaban J connectivity index is 2.40. The first-order valence-corrected chi connectivity index (χ1v) is 5.18. The molecule has 1 aromatic heterocycles. The maximum Gasteiger partial charge on any atom is 0.159 e. The fraction of sp³-hybridized carbons (Fsp3) is 0.250. The van der Waals surface area contributed by atoms with Crippen LogP contribution in [0.25, 0.3) is 11.3 Å². The summed E-state index contributed by atoms with van der Waals surface area (Å²) in [4.78, 5) is 7.11. The molecule has 1 heterocycles. The second-order valence-corrected chi connectivity index (χ2v) is 4.50. The minimum absolute atomic E-state index is 0.534. The molecule has 0 fully saturated rings. The van der Waals surface area contributed by atoms with Crippen LogP contribution in [0, 0.1) is 11.6 Å². The number of nitrogens with zero attached hydrogens (tertiary/aromatic N) is 1. The van der Waals surface area contributed by atoms with Gasteiger partial charge >= 0.3 is 0 Å². The van der Waals surface area contributed by atoms with Crippen molar-refractivity contribution >= 4 is 0 Å². The number of rotatable bonds is 2. The summed E-state index contributed by atoms with van der Waals surface area (Å²) in [5.41, 5.74) is 6.42. The zero-order valence-corrected chi connectivity index (χ0v) is 9.59. The lowest BCUT2D eigenvalue weighted by atomic mass is 10.1. The first kappa shape index (κ1) is 11.7. The molecule has 0 radical (unpaired) electrons. The first-order chi connectivity index (χ1) is 7.88. The lowest BCUT2D eigenvalue weighted by Crippen LogP contribution is -2.30. The fourth-order valence-electron chi connectivity index (χ4n) is 1.46. The fourth-order valence-corrected chi connectivity index (χ4v) is 1.46. The van der Waals surface area contributed by atoms with Gasteiger partial charge in [-0.05, 0) is 32.0 Å². The number of hydrogen-bond donors (Lipinski definition) is 2. The summed E-state index contributed by atoms with van der Waals surface area (Å²) >= 11 is 0. The van der Waals surface area contributed by atoms with Crippen molar-refractivity contribution in [1.29, 1.82) is 0 Å². The van der Waals surface area contributed by atoms with Crippen molar-refractivity contribution in [2.75, 3.05) is 0 Å². The van der Waals surface area contributed by atoms with Crippen molar-refractivity contribution in [3.05, 3.63) is 41.9 Å². The first-order valence-electron chi connectivity index (χ1n) is 5.18. The summed E-state index contributed by atoms with van der Waals surface area (Å²) in [5, 5.41) is 0. The summed E-state index contributed by atoms with van der Waals surface area (Å²) in [7, 11) is 0. The van der Waals surface area contributed by atoms with Crippen LogP contribution in [0.5, 0.6) is 0 Å². The lowest BCUT2D eigenvalue weighted by Gasteiger charge is -2.14. The molecular formula is C12H13F2N3. The zero-order chi connectivity index (χ0) is 12.6. The number of aromatic nitrogens is 2. The highest BCUT2D eigenvalue weighted by molar-refractivity contribution is 5.58. The minimum Gasteiger partial charge on any atom is -0.340 e. The van der Waals surface area contributed by atoms with Crippen LogP contribution in [0.2, 0.25) is 0 Å². The molecule has 0 saturated carbocycles. The van der Waals surface area contributed by atoms with Gasteiger partial charge in [-0.25, -0.2) is 13.8 Å². The molecule has 0 unspecified atom stereocenters. The third-order valence-electron chi connectivity index (χ3n) is 2.42. The van der Waals surface area contributed by atoms with E-state index in [9.17, 15) is 8.78 Å². The van der Waals surface area contributed by atoms with Crippen LogP contribution in [0.15, 0.2) is 24.4 Å². The van der Waals surface area contributed by atoms with Crippen molar-refractivity contribution < 1.29 is 8.78 Å². The molecule has 0 aliphatic heterocycles. The van der Waals surface area contributed by atoms with Gasteiger partial charge in [0.25, 0.3) is 0 Å². The zero-order valence-electron chi connectivity index (χ0n) is 9.59. The normalized spacial score (nSPS) is 11.8. The van der Waals surface area contributed by atoms with Crippen molar-refractivity contribution in [3.8, 4) is 11.3 Å². The SMILES string of the molecule is CC(C)(N)c1ncc(-c2ccc(F)c(F)c2)[nH]1. The third kappa shape index (κ3) is 2.34. The van der Waals surface area contributed by atoms with Crippen molar-refractivity contribution in [2.45, 2.75) is 19.4 Å². The predicted molar refractivity (Wildman–Crippen MR) is 61.2 cm³/mol. The maximum atomic E-state index is 13.1. The maximum absolute atomic E-state index is 13.1. The largest absolute Gasteiger partial charge is 0.340 e. The van der Waals surface area contributed by atoms with E-state index in [2.05, 4.69) is 9.97 Å². The highest BCUT2D eigenvalue weighted by Gasteiger charge is 2.18. The molecule has 1 aromatic carbocycles. The van der Waals surface area contributed by atoms with Crippen molar-refractivity contribution in [2.24, 2.45) is 5.73 Å². The Morgan fingerprint density at radius 1 is 1.24 bits per heavy atom. The van der Waals surface area contributed by atoms with Crippen LogP contribution in [0.3, 0.4) is 0 Å². The molecule has 17 heavy (non-hydrogen) atoms. The van der Waals surface area contributed by atoms with Crippen molar-refractivity contribution in [3.63, 3.8) is 0 Å². The molecule has 2 aromatic rings. The van der Waals surface area contributed by atoms with E-state index < -0.39 is 17.2 Å². The van der Waals surface area contributed by atoms with Crippen molar-refractivity contribution in [1.82, 2.24) is 9.97 Å². The van der Waals surface area contributed by atoms with Gasteiger partial charge < -0.3 is 10.7 Å². The average Bonchev–Trinajstić information content (AvgIpc) is 2.70. The summed E-state index contributed by atoms with van der Waals surface area (Å²) in [5.74, 6) is -1.16. The van der Waals surface area contributed by atoms with Crippen LogP contribution < -0.4 is 5.73 Å². The second-order valence-electron chi connectivity index (χ2n) is 4.50. The molecule has 0 amide bonds. The number of nitrogens with one attached hydrogen (secondary N) is 1. The number of aromatic amines is 1. The Hall–Kier alpha value is -1.75. The molecule has 5 heteroatoms. The summed E-state index contributed by atoms with van der Waals surface area (Å²) in [6, 6.07) is 3.69. The topological polar surface area (TPSA) is 54.7 Å². The standard InChI is InChI=1S/C12H13F2N3/c1-12(2,15)11-16-6-10(17-11)7-3-4-8(13)9(14)5-7/h3-6H,15H2,1-2H3,(H,16,17). The molecule has 90 valence electrons. The van der Waals surface area contributed by atoms with E-state index in [-0.39, 0.29) is 0 Å². The molecule has 0 spiro atoms. The van der Waals surface area contributed by atoms with E-state index in [0.717, 1.165) is 12.1 Å². The Morgan fingerprint density at radius 2 is 1.94 bits per heavy atom. The minimum atomic E-state index is -0.884. The van der Waals surface area contributed by atoms with E-state index in [4.69, 9.17) is 5.73 Å². The van der Waals surface area contributed by atoms with Crippen LogP contribution >= 0.6 is 0 Å². The quantitative estimate of drug-likeness (QED) is 0.843. The molecule has 0 aliphatic carbocycles. The molecule has 2 rings (SSSR count). The van der Waals surface area contributed by atoms with Gasteiger partial charge in [0, 0.05) is 5.56 Å². The Kier molecular flexibility index (Phi) is 2.71. The van der Waals surface area contributed by atoms with E-state index in [1.54, 1.807) is 20.0 Å². The summed E-state index contributed by atoms with van der Waals surface area (Å²) in [6.07, 6.45) is 1.55. The van der Waals surface area contributed by atoms with E-state index in [1.807, 2.05) is 0 Å². The Morgan fingerprint density at radius 3 is 2.47 bits per heavy atom. The van der Waals surface area contributed by atoms with Crippen LogP contribution in [0.1, 0.15) is 19.7 Å². The molecule has 3 N–H and O–H groups in total. The number of nitrogens with two attached hydrogens (primary N) is 1. The second kappa shape index (κ2) is 3.92. The van der Waals surface area contributed by atoms with Crippen LogP contribution in [-0.4, -0.2) is 9.97 Å². The van der Waals surface area contributed by atoms with Gasteiger partial charge in [0.2, 0.25) is 0 Å². The molecule has 0 aliphatic rings. The lowest BCUT2D eigenvalue weighted by molar-refractivity contribution is 0.509. The van der Waals surface area contributed by atoms with Gasteiger partial charge in [0.05, 0.1) is 17.4 Å². The monoisotopic (exact) mass is 237 g/mol. The van der Waals surface area contributed by atoms with Crippen LogP contribution in [-0.2, 0) is 5.54 Å². The van der Waals surface area contributed by atoms with E-state index in [0.29, 0.717) is 17.1 Å². The average molecular weight is 237 g/mol. The number of halogens is 2. The van der Waals surface area contributed by atoms with Gasteiger partial charge in [-0.1, -0.05) is 0 Å². The molecule has 0 bridgehead atoms. The van der Waals surface area contributed by atoms with E-state index in [1.165, 1.54) is 6.07 Å².